The lowest BCUT2D eigenvalue weighted by molar-refractivity contribution is -0.139. The molecule has 1 aliphatic rings. The largest absolute Gasteiger partial charge is 0.493 e. The van der Waals surface area contributed by atoms with Crippen LogP contribution in [0.25, 0.3) is 0 Å². The maximum Gasteiger partial charge on any atom is 0.338 e. The van der Waals surface area contributed by atoms with Crippen LogP contribution in [0, 0.1) is 11.3 Å². The van der Waals surface area contributed by atoms with Gasteiger partial charge >= 0.3 is 5.97 Å². The van der Waals surface area contributed by atoms with Crippen molar-refractivity contribution in [3.05, 3.63) is 52.6 Å². The molecule has 2 N–H and O–H groups in total. The Morgan fingerprint density at radius 3 is 2.70 bits per heavy atom. The van der Waals surface area contributed by atoms with Crippen LogP contribution in [0.15, 0.2) is 47.1 Å². The van der Waals surface area contributed by atoms with E-state index in [0.29, 0.717) is 23.7 Å². The Bertz CT molecular complexity index is 790. The molecule has 1 atom stereocenters. The number of nitriles is 1. The fourth-order valence-electron chi connectivity index (χ4n) is 3.05. The van der Waals surface area contributed by atoms with Gasteiger partial charge in [0.25, 0.3) is 0 Å². The summed E-state index contributed by atoms with van der Waals surface area (Å²) >= 11 is 0. The molecular weight excluding hydrogens is 344 g/mol. The van der Waals surface area contributed by atoms with Crippen LogP contribution in [-0.4, -0.2) is 19.2 Å². The van der Waals surface area contributed by atoms with Crippen LogP contribution in [0.2, 0.25) is 0 Å². The molecule has 1 aliphatic heterocycles. The SMILES string of the molecule is CCCCCOc1ccccc1C1C(C#N)=C(N)OC(C)=C1C(=O)OCC. The number of carbonyl (C=O) groups excluding carboxylic acids is 1. The highest BCUT2D eigenvalue weighted by Gasteiger charge is 2.37. The summed E-state index contributed by atoms with van der Waals surface area (Å²) in [4.78, 5) is 12.6. The average Bonchev–Trinajstić information content (AvgIpc) is 2.65. The van der Waals surface area contributed by atoms with Crippen molar-refractivity contribution in [1.29, 1.82) is 5.26 Å². The van der Waals surface area contributed by atoms with Crippen molar-refractivity contribution in [2.24, 2.45) is 5.73 Å². The predicted molar refractivity (Wildman–Crippen MR) is 101 cm³/mol. The molecule has 0 fully saturated rings. The second-order valence-electron chi connectivity index (χ2n) is 6.21. The summed E-state index contributed by atoms with van der Waals surface area (Å²) in [6.45, 7) is 6.28. The van der Waals surface area contributed by atoms with E-state index in [0.717, 1.165) is 19.3 Å². The van der Waals surface area contributed by atoms with Gasteiger partial charge < -0.3 is 19.9 Å². The lowest BCUT2D eigenvalue weighted by atomic mass is 9.82. The number of allylic oxidation sites excluding steroid dienone is 2. The summed E-state index contributed by atoms with van der Waals surface area (Å²) in [5.41, 5.74) is 7.08. The van der Waals surface area contributed by atoms with E-state index in [4.69, 9.17) is 19.9 Å². The van der Waals surface area contributed by atoms with Crippen molar-refractivity contribution in [3.63, 3.8) is 0 Å². The van der Waals surface area contributed by atoms with Crippen molar-refractivity contribution >= 4 is 5.97 Å². The van der Waals surface area contributed by atoms with E-state index in [1.807, 2.05) is 24.3 Å². The number of hydrogen-bond donors (Lipinski definition) is 1. The highest BCUT2D eigenvalue weighted by Crippen LogP contribution is 2.42. The van der Waals surface area contributed by atoms with Crippen LogP contribution in [0.1, 0.15) is 51.5 Å². The molecule has 0 saturated carbocycles. The van der Waals surface area contributed by atoms with Gasteiger partial charge in [0.2, 0.25) is 5.88 Å². The van der Waals surface area contributed by atoms with E-state index < -0.39 is 11.9 Å². The Kier molecular flexibility index (Phi) is 7.30. The number of esters is 1. The molecule has 0 radical (unpaired) electrons. The van der Waals surface area contributed by atoms with Gasteiger partial charge in [-0.05, 0) is 26.3 Å². The topological polar surface area (TPSA) is 94.6 Å². The van der Waals surface area contributed by atoms with Gasteiger partial charge in [-0.3, -0.25) is 0 Å². The number of rotatable bonds is 8. The molecule has 0 amide bonds. The highest BCUT2D eigenvalue weighted by molar-refractivity contribution is 5.92. The van der Waals surface area contributed by atoms with Gasteiger partial charge in [-0.1, -0.05) is 38.0 Å². The van der Waals surface area contributed by atoms with Crippen molar-refractivity contribution in [3.8, 4) is 11.8 Å². The number of carbonyl (C=O) groups is 1. The summed E-state index contributed by atoms with van der Waals surface area (Å²) in [5, 5.41) is 9.66. The van der Waals surface area contributed by atoms with Crippen LogP contribution in [0.4, 0.5) is 0 Å². The van der Waals surface area contributed by atoms with Crippen LogP contribution in [0.3, 0.4) is 0 Å². The monoisotopic (exact) mass is 370 g/mol. The summed E-state index contributed by atoms with van der Waals surface area (Å²) in [6, 6.07) is 9.45. The number of nitrogens with two attached hydrogens (primary N) is 1. The minimum atomic E-state index is -0.690. The molecule has 6 heteroatoms. The zero-order chi connectivity index (χ0) is 19.8. The fraction of sp³-hybridized carbons (Fsp3) is 0.429. The second-order valence-corrected chi connectivity index (χ2v) is 6.21. The molecular formula is C21H26N2O4. The van der Waals surface area contributed by atoms with Crippen molar-refractivity contribution in [1.82, 2.24) is 0 Å². The third kappa shape index (κ3) is 4.62. The lowest BCUT2D eigenvalue weighted by Crippen LogP contribution is -2.26. The normalized spacial score (nSPS) is 16.6. The van der Waals surface area contributed by atoms with Crippen molar-refractivity contribution in [2.75, 3.05) is 13.2 Å². The van der Waals surface area contributed by atoms with Gasteiger partial charge in [-0.2, -0.15) is 5.26 Å². The van der Waals surface area contributed by atoms with Gasteiger partial charge in [-0.25, -0.2) is 4.79 Å². The van der Waals surface area contributed by atoms with E-state index in [1.54, 1.807) is 13.8 Å². The zero-order valence-electron chi connectivity index (χ0n) is 16.1. The Balaban J connectivity index is 2.49. The number of unbranched alkanes of at least 4 members (excludes halogenated alkanes) is 2. The molecule has 2 rings (SSSR count). The molecule has 6 nitrogen and oxygen atoms in total. The quantitative estimate of drug-likeness (QED) is 0.551. The smallest absolute Gasteiger partial charge is 0.338 e. The Morgan fingerprint density at radius 1 is 1.30 bits per heavy atom. The van der Waals surface area contributed by atoms with E-state index in [9.17, 15) is 10.1 Å². The van der Waals surface area contributed by atoms with Crippen LogP contribution >= 0.6 is 0 Å². The Labute approximate surface area is 160 Å². The van der Waals surface area contributed by atoms with Gasteiger partial charge in [-0.15, -0.1) is 0 Å². The number of para-hydroxylation sites is 1. The van der Waals surface area contributed by atoms with Gasteiger partial charge in [0.15, 0.2) is 0 Å². The van der Waals surface area contributed by atoms with Crippen molar-refractivity contribution in [2.45, 2.75) is 46.0 Å². The first-order valence-electron chi connectivity index (χ1n) is 9.22. The first-order valence-corrected chi connectivity index (χ1v) is 9.22. The molecule has 0 saturated heterocycles. The number of nitrogens with zero attached hydrogens (tertiary/aromatic N) is 1. The summed E-state index contributed by atoms with van der Waals surface area (Å²) < 4.78 is 16.6. The van der Waals surface area contributed by atoms with E-state index in [1.165, 1.54) is 0 Å². The van der Waals surface area contributed by atoms with Crippen molar-refractivity contribution < 1.29 is 19.0 Å². The zero-order valence-corrected chi connectivity index (χ0v) is 16.1. The molecule has 1 aromatic rings. The molecule has 1 heterocycles. The maximum absolute atomic E-state index is 12.6. The van der Waals surface area contributed by atoms with E-state index in [-0.39, 0.29) is 23.6 Å². The molecule has 0 aromatic heterocycles. The Morgan fingerprint density at radius 2 is 2.04 bits per heavy atom. The van der Waals surface area contributed by atoms with Gasteiger partial charge in [0.1, 0.15) is 23.2 Å². The van der Waals surface area contributed by atoms with Gasteiger partial charge in [0.05, 0.1) is 24.7 Å². The molecule has 1 aromatic carbocycles. The third-order valence-corrected chi connectivity index (χ3v) is 4.34. The van der Waals surface area contributed by atoms with Crippen LogP contribution < -0.4 is 10.5 Å². The van der Waals surface area contributed by atoms with E-state index in [2.05, 4.69) is 13.0 Å². The molecule has 27 heavy (non-hydrogen) atoms. The number of ether oxygens (including phenoxy) is 3. The summed E-state index contributed by atoms with van der Waals surface area (Å²) in [5.74, 6) is -0.272. The standard InChI is InChI=1S/C21H26N2O4/c1-4-6-9-12-26-17-11-8-7-10-15(17)19-16(13-22)20(23)27-14(3)18(19)21(24)25-5-2/h7-8,10-11,19H,4-6,9,12,23H2,1-3H3. The molecule has 0 aliphatic carbocycles. The van der Waals surface area contributed by atoms with Gasteiger partial charge in [0, 0.05) is 5.56 Å². The molecule has 0 spiro atoms. The second kappa shape index (κ2) is 9.67. The minimum Gasteiger partial charge on any atom is -0.493 e. The number of hydrogen-bond acceptors (Lipinski definition) is 6. The fourth-order valence-corrected chi connectivity index (χ4v) is 3.05. The summed E-state index contributed by atoms with van der Waals surface area (Å²) in [7, 11) is 0. The van der Waals surface area contributed by atoms with Crippen LogP contribution in [-0.2, 0) is 14.3 Å². The molecule has 1 unspecified atom stereocenters. The first kappa shape index (κ1) is 20.4. The highest BCUT2D eigenvalue weighted by atomic mass is 16.5. The molecule has 144 valence electrons. The lowest BCUT2D eigenvalue weighted by Gasteiger charge is -2.28. The van der Waals surface area contributed by atoms with E-state index >= 15 is 0 Å². The third-order valence-electron chi connectivity index (χ3n) is 4.34. The average molecular weight is 370 g/mol. The molecule has 0 bridgehead atoms. The maximum atomic E-state index is 12.6. The van der Waals surface area contributed by atoms with Crippen LogP contribution in [0.5, 0.6) is 5.75 Å². The Hall–Kier alpha value is -2.94. The first-order chi connectivity index (χ1) is 13.0. The number of benzene rings is 1. The minimum absolute atomic E-state index is 0.00571. The predicted octanol–water partition coefficient (Wildman–Crippen LogP) is 3.90. The summed E-state index contributed by atoms with van der Waals surface area (Å²) in [6.07, 6.45) is 3.10.